The Morgan fingerprint density at radius 2 is 2.08 bits per heavy atom. The van der Waals surface area contributed by atoms with Gasteiger partial charge >= 0.3 is 7.82 Å². The first-order valence-electron chi connectivity index (χ1n) is 3.65. The summed E-state index contributed by atoms with van der Waals surface area (Å²) in [6, 6.07) is 0. The molecule has 0 aromatic heterocycles. The Bertz CT molecular complexity index is 200. The van der Waals surface area contributed by atoms with Crippen molar-refractivity contribution in [2.45, 2.75) is 20.3 Å². The lowest BCUT2D eigenvalue weighted by molar-refractivity contribution is 0.152. The summed E-state index contributed by atoms with van der Waals surface area (Å²) in [5.74, 6) is 0. The van der Waals surface area contributed by atoms with Crippen molar-refractivity contribution in [3.05, 3.63) is 0 Å². The number of phosphoric ester groups is 1. The second-order valence-electron chi connectivity index (χ2n) is 1.88. The van der Waals surface area contributed by atoms with Crippen LogP contribution >= 0.6 is 7.82 Å². The molecule has 0 aliphatic carbocycles. The van der Waals surface area contributed by atoms with Gasteiger partial charge in [0.2, 0.25) is 0 Å². The first-order chi connectivity index (χ1) is 5.68. The average molecular weight is 193 g/mol. The monoisotopic (exact) mass is 193 g/mol. The molecule has 0 aromatic rings. The summed E-state index contributed by atoms with van der Waals surface area (Å²) >= 11 is 0. The molecule has 0 heterocycles. The Morgan fingerprint density at radius 3 is 2.50 bits per heavy atom. The fourth-order valence-corrected chi connectivity index (χ4v) is 1.50. The molecule has 0 aromatic carbocycles. The molecule has 12 heavy (non-hydrogen) atoms. The van der Waals surface area contributed by atoms with E-state index in [0.717, 1.165) is 0 Å². The molecule has 0 radical (unpaired) electrons. The Hall–Kier alpha value is -0.560. The van der Waals surface area contributed by atoms with Gasteiger partial charge in [-0.15, -0.1) is 5.26 Å². The minimum absolute atomic E-state index is 0.183. The molecule has 1 atom stereocenters. The predicted molar refractivity (Wildman–Crippen MR) is 42.2 cm³/mol. The van der Waals surface area contributed by atoms with Crippen molar-refractivity contribution in [1.82, 2.24) is 0 Å². The quantitative estimate of drug-likeness (QED) is 0.477. The molecule has 0 aliphatic rings. The van der Waals surface area contributed by atoms with Gasteiger partial charge in [0, 0.05) is 0 Å². The van der Waals surface area contributed by atoms with Crippen LogP contribution in [0.4, 0.5) is 0 Å². The van der Waals surface area contributed by atoms with E-state index >= 15 is 0 Å². The van der Waals surface area contributed by atoms with Crippen molar-refractivity contribution in [3.63, 3.8) is 0 Å². The van der Waals surface area contributed by atoms with Crippen LogP contribution in [-0.2, 0) is 18.1 Å². The Morgan fingerprint density at radius 1 is 1.42 bits per heavy atom. The van der Waals surface area contributed by atoms with Gasteiger partial charge in [0.1, 0.15) is 0 Å². The topological polar surface area (TPSA) is 68.5 Å². The maximum absolute atomic E-state index is 11.3. The van der Waals surface area contributed by atoms with Gasteiger partial charge in [-0.05, 0) is 13.3 Å². The molecular weight excluding hydrogens is 181 g/mol. The van der Waals surface area contributed by atoms with Gasteiger partial charge < -0.3 is 4.52 Å². The number of rotatable bonds is 6. The third kappa shape index (κ3) is 4.35. The normalized spacial score (nSPS) is 14.8. The molecule has 70 valence electrons. The predicted octanol–water partition coefficient (Wildman–Crippen LogP) is 2.06. The van der Waals surface area contributed by atoms with Crippen molar-refractivity contribution in [3.8, 4) is 6.26 Å². The molecule has 0 saturated heterocycles. The van der Waals surface area contributed by atoms with E-state index in [1.165, 1.54) is 6.26 Å². The molecule has 0 bridgehead atoms. The van der Waals surface area contributed by atoms with Gasteiger partial charge in [-0.2, -0.15) is 0 Å². The second-order valence-corrected chi connectivity index (χ2v) is 3.47. The number of hydrogen-bond donors (Lipinski definition) is 0. The summed E-state index contributed by atoms with van der Waals surface area (Å²) in [5, 5.41) is 8.12. The first kappa shape index (κ1) is 11.4. The van der Waals surface area contributed by atoms with Gasteiger partial charge in [-0.25, -0.2) is 4.57 Å². The van der Waals surface area contributed by atoms with E-state index in [9.17, 15) is 4.57 Å². The second kappa shape index (κ2) is 6.01. The number of hydrogen-bond acceptors (Lipinski definition) is 5. The molecule has 0 rings (SSSR count). The first-order valence-corrected chi connectivity index (χ1v) is 5.11. The van der Waals surface area contributed by atoms with Crippen LogP contribution in [-0.4, -0.2) is 13.2 Å². The number of phosphoric acid groups is 1. The van der Waals surface area contributed by atoms with Crippen molar-refractivity contribution in [2.75, 3.05) is 13.2 Å². The third-order valence-corrected chi connectivity index (χ3v) is 2.27. The van der Waals surface area contributed by atoms with Crippen molar-refractivity contribution < 1.29 is 18.1 Å². The zero-order valence-electron chi connectivity index (χ0n) is 7.15. The lowest BCUT2D eigenvalue weighted by Gasteiger charge is -2.11. The largest absolute Gasteiger partial charge is 0.539 e. The zero-order chi connectivity index (χ0) is 9.45. The molecule has 5 nitrogen and oxygen atoms in total. The smallest absolute Gasteiger partial charge is 0.328 e. The summed E-state index contributed by atoms with van der Waals surface area (Å²) in [6.07, 6.45) is 1.98. The molecule has 0 saturated carbocycles. The molecule has 0 fully saturated rings. The average Bonchev–Trinajstić information content (AvgIpc) is 2.02. The highest BCUT2D eigenvalue weighted by molar-refractivity contribution is 7.48. The minimum atomic E-state index is -3.60. The van der Waals surface area contributed by atoms with Crippen LogP contribution in [0.5, 0.6) is 0 Å². The highest BCUT2D eigenvalue weighted by Gasteiger charge is 2.26. The lowest BCUT2D eigenvalue weighted by atomic mass is 10.5. The lowest BCUT2D eigenvalue weighted by Crippen LogP contribution is -1.97. The van der Waals surface area contributed by atoms with Gasteiger partial charge in [-0.3, -0.25) is 9.05 Å². The van der Waals surface area contributed by atoms with Gasteiger partial charge in [0.05, 0.1) is 13.2 Å². The van der Waals surface area contributed by atoms with Crippen LogP contribution in [0.2, 0.25) is 0 Å². The van der Waals surface area contributed by atoms with E-state index in [2.05, 4.69) is 9.05 Å². The van der Waals surface area contributed by atoms with Crippen molar-refractivity contribution in [2.24, 2.45) is 0 Å². The van der Waals surface area contributed by atoms with Gasteiger partial charge in [0.25, 0.3) is 6.26 Å². The molecule has 0 N–H and O–H groups in total. The van der Waals surface area contributed by atoms with Crippen molar-refractivity contribution in [1.29, 1.82) is 5.26 Å². The Balaban J connectivity index is 4.01. The van der Waals surface area contributed by atoms with Gasteiger partial charge in [0.15, 0.2) is 0 Å². The van der Waals surface area contributed by atoms with Crippen LogP contribution in [0.1, 0.15) is 20.3 Å². The fourth-order valence-electron chi connectivity index (χ4n) is 0.501. The van der Waals surface area contributed by atoms with E-state index in [-0.39, 0.29) is 13.2 Å². The Labute approximate surface area is 71.8 Å². The summed E-state index contributed by atoms with van der Waals surface area (Å²) in [7, 11) is -3.60. The summed E-state index contributed by atoms with van der Waals surface area (Å²) in [5.41, 5.74) is 0. The molecule has 1 unspecified atom stereocenters. The molecule has 0 amide bonds. The van der Waals surface area contributed by atoms with Crippen LogP contribution in [0, 0.1) is 11.5 Å². The molecular formula is C6H12NO4P. The third-order valence-electron chi connectivity index (χ3n) is 0.893. The van der Waals surface area contributed by atoms with E-state index < -0.39 is 7.82 Å². The minimum Gasteiger partial charge on any atom is -0.328 e. The van der Waals surface area contributed by atoms with E-state index in [4.69, 9.17) is 9.79 Å². The standard InChI is InChI=1S/C6H12NO4P/c1-3-5-10-12(8,9-4-2)11-6-7/h3-5H2,1-2H3. The SMILES string of the molecule is CCCOP(=O)(OC#N)OCC. The van der Waals surface area contributed by atoms with Crippen LogP contribution in [0.3, 0.4) is 0 Å². The highest BCUT2D eigenvalue weighted by atomic mass is 31.2. The maximum Gasteiger partial charge on any atom is 0.539 e. The Kier molecular flexibility index (Phi) is 5.73. The van der Waals surface area contributed by atoms with Crippen LogP contribution in [0.25, 0.3) is 0 Å². The molecule has 6 heteroatoms. The van der Waals surface area contributed by atoms with E-state index in [1.54, 1.807) is 6.92 Å². The van der Waals surface area contributed by atoms with Gasteiger partial charge in [-0.1, -0.05) is 6.92 Å². The van der Waals surface area contributed by atoms with E-state index in [1.807, 2.05) is 6.92 Å². The van der Waals surface area contributed by atoms with E-state index in [0.29, 0.717) is 6.42 Å². The maximum atomic E-state index is 11.3. The van der Waals surface area contributed by atoms with Crippen molar-refractivity contribution >= 4 is 7.82 Å². The van der Waals surface area contributed by atoms with Crippen LogP contribution in [0.15, 0.2) is 0 Å². The fraction of sp³-hybridized carbons (Fsp3) is 0.833. The zero-order valence-corrected chi connectivity index (χ0v) is 8.04. The summed E-state index contributed by atoms with van der Waals surface area (Å²) in [6.45, 7) is 3.92. The van der Waals surface area contributed by atoms with Crippen LogP contribution < -0.4 is 0 Å². The molecule has 0 spiro atoms. The molecule has 0 aliphatic heterocycles. The number of nitrogens with zero attached hydrogens (tertiary/aromatic N) is 1. The number of nitriles is 1. The summed E-state index contributed by atoms with van der Waals surface area (Å²) in [4.78, 5) is 0. The summed E-state index contributed by atoms with van der Waals surface area (Å²) < 4.78 is 24.9. The highest BCUT2D eigenvalue weighted by Crippen LogP contribution is 2.48.